The van der Waals surface area contributed by atoms with Crippen molar-refractivity contribution in [3.05, 3.63) is 41.7 Å². The van der Waals surface area contributed by atoms with Crippen LogP contribution in [0.5, 0.6) is 0 Å². The maximum atomic E-state index is 6.00. The first-order chi connectivity index (χ1) is 12.7. The van der Waals surface area contributed by atoms with Gasteiger partial charge in [0.1, 0.15) is 11.6 Å². The van der Waals surface area contributed by atoms with E-state index in [2.05, 4.69) is 76.9 Å². The number of aromatic nitrogens is 4. The van der Waals surface area contributed by atoms with E-state index in [1.165, 1.54) is 10.9 Å². The summed E-state index contributed by atoms with van der Waals surface area (Å²) in [6, 6.07) is 10.6. The maximum Gasteiger partial charge on any atom is 0.180 e. The van der Waals surface area contributed by atoms with Gasteiger partial charge in [-0.15, -0.1) is 0 Å². The van der Waals surface area contributed by atoms with Gasteiger partial charge in [0.15, 0.2) is 5.65 Å². The number of rotatable bonds is 3. The lowest BCUT2D eigenvalue weighted by Crippen LogP contribution is -2.37. The molecule has 0 bridgehead atoms. The molecule has 6 nitrogen and oxygen atoms in total. The first-order valence-corrected chi connectivity index (χ1v) is 9.17. The zero-order valence-electron chi connectivity index (χ0n) is 16.5. The monoisotopic (exact) mass is 362 g/mol. The van der Waals surface area contributed by atoms with E-state index >= 15 is 0 Å². The van der Waals surface area contributed by atoms with Crippen LogP contribution in [0.3, 0.4) is 0 Å². The van der Waals surface area contributed by atoms with Crippen LogP contribution in [0.2, 0.25) is 0 Å². The minimum absolute atomic E-state index is 0.136. The van der Waals surface area contributed by atoms with Crippen LogP contribution in [0, 0.1) is 6.92 Å². The molecule has 0 fully saturated rings. The lowest BCUT2D eigenvalue weighted by atomic mass is 10.0. The summed E-state index contributed by atoms with van der Waals surface area (Å²) in [6.45, 7) is 9.51. The summed E-state index contributed by atoms with van der Waals surface area (Å²) in [5.74, 6) is 1.29. The smallest absolute Gasteiger partial charge is 0.180 e. The van der Waals surface area contributed by atoms with Crippen molar-refractivity contribution in [1.29, 1.82) is 0 Å². The van der Waals surface area contributed by atoms with Crippen LogP contribution >= 0.6 is 0 Å². The third kappa shape index (κ3) is 3.28. The van der Waals surface area contributed by atoms with E-state index in [-0.39, 0.29) is 5.54 Å². The Morgan fingerprint density at radius 2 is 1.85 bits per heavy atom. The number of benzene rings is 1. The molecule has 3 heterocycles. The number of fused-ring (bicyclic) bond motifs is 2. The number of anilines is 1. The molecule has 0 amide bonds. The van der Waals surface area contributed by atoms with Gasteiger partial charge in [0.2, 0.25) is 0 Å². The van der Waals surface area contributed by atoms with Crippen molar-refractivity contribution < 1.29 is 0 Å². The maximum absolute atomic E-state index is 6.00. The highest BCUT2D eigenvalue weighted by Gasteiger charge is 2.17. The number of imidazole rings is 1. The molecule has 0 spiro atoms. The molecule has 4 N–H and O–H groups in total. The molecule has 0 aliphatic rings. The zero-order valence-corrected chi connectivity index (χ0v) is 16.5. The van der Waals surface area contributed by atoms with Crippen LogP contribution in [-0.4, -0.2) is 37.4 Å². The Balaban J connectivity index is 1.76. The third-order valence-corrected chi connectivity index (χ3v) is 5.14. The van der Waals surface area contributed by atoms with E-state index in [4.69, 9.17) is 5.73 Å². The predicted octanol–water partition coefficient (Wildman–Crippen LogP) is 4.23. The minimum Gasteiger partial charge on any atom is -0.384 e. The molecule has 3 aromatic heterocycles. The van der Waals surface area contributed by atoms with Crippen molar-refractivity contribution in [2.75, 3.05) is 12.8 Å². The number of nitrogen functional groups attached to an aromatic ring is 1. The highest BCUT2D eigenvalue weighted by molar-refractivity contribution is 5.95. The largest absolute Gasteiger partial charge is 0.384 e. The summed E-state index contributed by atoms with van der Waals surface area (Å²) in [6.07, 6.45) is 0. The highest BCUT2D eigenvalue weighted by atomic mass is 15.1. The van der Waals surface area contributed by atoms with Crippen LogP contribution in [-0.2, 0) is 6.54 Å². The second-order valence-electron chi connectivity index (χ2n) is 8.25. The van der Waals surface area contributed by atoms with Gasteiger partial charge < -0.3 is 15.7 Å². The number of nitrogens with one attached hydrogen (secondary N) is 2. The number of aryl methyl sites for hydroxylation is 1. The van der Waals surface area contributed by atoms with Crippen LogP contribution < -0.4 is 5.73 Å². The molecule has 0 radical (unpaired) electrons. The molecule has 4 rings (SSSR count). The number of pyridine rings is 1. The van der Waals surface area contributed by atoms with Gasteiger partial charge in [-0.05, 0) is 64.6 Å². The zero-order chi connectivity index (χ0) is 19.3. The number of hydrogen-bond donors (Lipinski definition) is 3. The van der Waals surface area contributed by atoms with E-state index in [1.54, 1.807) is 0 Å². The lowest BCUT2D eigenvalue weighted by Gasteiger charge is -2.31. The van der Waals surface area contributed by atoms with Crippen LogP contribution in [0.4, 0.5) is 5.82 Å². The summed E-state index contributed by atoms with van der Waals surface area (Å²) >= 11 is 0. The normalized spacial score (nSPS) is 12.5. The van der Waals surface area contributed by atoms with Crippen LogP contribution in [0.15, 0.2) is 30.3 Å². The van der Waals surface area contributed by atoms with E-state index in [9.17, 15) is 0 Å². The van der Waals surface area contributed by atoms with Gasteiger partial charge >= 0.3 is 0 Å². The fraction of sp³-hybridized carbons (Fsp3) is 0.333. The van der Waals surface area contributed by atoms with E-state index in [1.807, 2.05) is 13.0 Å². The van der Waals surface area contributed by atoms with Gasteiger partial charge in [0.05, 0.1) is 5.52 Å². The molecule has 0 unspecified atom stereocenters. The van der Waals surface area contributed by atoms with Crippen LogP contribution in [0.25, 0.3) is 33.3 Å². The molecule has 140 valence electrons. The fourth-order valence-electron chi connectivity index (χ4n) is 3.27. The topological polar surface area (TPSA) is 86.6 Å². The SMILES string of the molecule is Cc1nc2nc(N)cc(-c3cc4cc(CN(C)C(C)(C)C)ccc4[nH]3)c2[nH]1. The third-order valence-electron chi connectivity index (χ3n) is 5.14. The lowest BCUT2D eigenvalue weighted by molar-refractivity contribution is 0.167. The molecule has 4 aromatic rings. The summed E-state index contributed by atoms with van der Waals surface area (Å²) in [5, 5.41) is 1.18. The van der Waals surface area contributed by atoms with Gasteiger partial charge in [-0.2, -0.15) is 0 Å². The molecule has 0 atom stereocenters. The second kappa shape index (κ2) is 6.09. The summed E-state index contributed by atoms with van der Waals surface area (Å²) < 4.78 is 0. The van der Waals surface area contributed by atoms with Gasteiger partial charge in [0, 0.05) is 34.2 Å². The van der Waals surface area contributed by atoms with Crippen molar-refractivity contribution in [3.63, 3.8) is 0 Å². The van der Waals surface area contributed by atoms with Crippen molar-refractivity contribution in [2.45, 2.75) is 39.8 Å². The number of H-pyrrole nitrogens is 2. The number of hydrogen-bond acceptors (Lipinski definition) is 4. The molecule has 0 saturated carbocycles. The fourth-order valence-corrected chi connectivity index (χ4v) is 3.27. The number of aromatic amines is 2. The Morgan fingerprint density at radius 1 is 1.07 bits per heavy atom. The quantitative estimate of drug-likeness (QED) is 0.509. The molecular weight excluding hydrogens is 336 g/mol. The van der Waals surface area contributed by atoms with Gasteiger partial charge in [0.25, 0.3) is 0 Å². The minimum atomic E-state index is 0.136. The first-order valence-electron chi connectivity index (χ1n) is 9.17. The molecule has 6 heteroatoms. The van der Waals surface area contributed by atoms with Gasteiger partial charge in [-0.3, -0.25) is 4.90 Å². The van der Waals surface area contributed by atoms with E-state index in [0.29, 0.717) is 11.5 Å². The summed E-state index contributed by atoms with van der Waals surface area (Å²) in [7, 11) is 2.16. The Bertz CT molecular complexity index is 1130. The Kier molecular flexibility index (Phi) is 3.96. The summed E-state index contributed by atoms with van der Waals surface area (Å²) in [4.78, 5) is 17.9. The van der Waals surface area contributed by atoms with Crippen molar-refractivity contribution in [1.82, 2.24) is 24.8 Å². The average molecular weight is 362 g/mol. The van der Waals surface area contributed by atoms with Gasteiger partial charge in [-0.25, -0.2) is 9.97 Å². The van der Waals surface area contributed by atoms with E-state index < -0.39 is 0 Å². The molecule has 1 aromatic carbocycles. The van der Waals surface area contributed by atoms with Crippen molar-refractivity contribution in [2.24, 2.45) is 0 Å². The van der Waals surface area contributed by atoms with E-state index in [0.717, 1.165) is 34.7 Å². The highest BCUT2D eigenvalue weighted by Crippen LogP contribution is 2.31. The molecule has 0 aliphatic heterocycles. The Morgan fingerprint density at radius 3 is 2.59 bits per heavy atom. The Hall–Kier alpha value is -2.86. The van der Waals surface area contributed by atoms with Gasteiger partial charge in [-0.1, -0.05) is 6.07 Å². The predicted molar refractivity (Wildman–Crippen MR) is 112 cm³/mol. The van der Waals surface area contributed by atoms with Crippen LogP contribution in [0.1, 0.15) is 32.2 Å². The molecular formula is C21H26N6. The van der Waals surface area contributed by atoms with Crippen molar-refractivity contribution >= 4 is 27.9 Å². The second-order valence-corrected chi connectivity index (χ2v) is 8.25. The molecule has 0 aliphatic carbocycles. The summed E-state index contributed by atoms with van der Waals surface area (Å²) in [5.41, 5.74) is 12.1. The first kappa shape index (κ1) is 17.5. The number of nitrogens with zero attached hydrogens (tertiary/aromatic N) is 3. The van der Waals surface area contributed by atoms with Crippen molar-refractivity contribution in [3.8, 4) is 11.3 Å². The number of nitrogens with two attached hydrogens (primary N) is 1. The standard InChI is InChI=1S/C21H26N6/c1-12-23-19-15(10-18(22)26-20(19)24-12)17-9-14-8-13(6-7-16(14)25-17)11-27(5)21(2,3)4/h6-10,25H,11H2,1-5H3,(H3,22,23,24,26). The average Bonchev–Trinajstić information content (AvgIpc) is 3.15. The Labute approximate surface area is 158 Å². The molecule has 27 heavy (non-hydrogen) atoms. The molecule has 0 saturated heterocycles.